The van der Waals surface area contributed by atoms with Gasteiger partial charge < -0.3 is 14.8 Å². The van der Waals surface area contributed by atoms with Crippen molar-refractivity contribution < 1.29 is 36.6 Å². The minimum absolute atomic E-state index is 0.137. The van der Waals surface area contributed by atoms with Crippen LogP contribution in [0.2, 0.25) is 0 Å². The van der Waals surface area contributed by atoms with Crippen molar-refractivity contribution in [2.75, 3.05) is 17.4 Å². The summed E-state index contributed by atoms with van der Waals surface area (Å²) in [7, 11) is 0. The number of anilines is 1. The smallest absolute Gasteiger partial charge is 0.470 e. The second-order valence-corrected chi connectivity index (χ2v) is 11.0. The van der Waals surface area contributed by atoms with Crippen molar-refractivity contribution in [2.24, 2.45) is 4.99 Å². The standard InChI is InChI=1S/C30H26F4N6O4S/c1-17(2)22-10-4-18(3)12-24(22)40-26(41)14-45-29(40)37-28(42)36-16-43-25-11-5-19(13-23(25)31)27-35-15-39(38-27)20-6-8-21(9-7-20)44-30(32,33)34/h4-13,15,17H,14,16H2,1-3H3,(H,36,42). The summed E-state index contributed by atoms with van der Waals surface area (Å²) in [5, 5.41) is 6.92. The monoisotopic (exact) mass is 642 g/mol. The zero-order valence-corrected chi connectivity index (χ0v) is 24.9. The van der Waals surface area contributed by atoms with Gasteiger partial charge in [0.05, 0.1) is 17.1 Å². The number of ether oxygens (including phenoxy) is 2. The van der Waals surface area contributed by atoms with Crippen LogP contribution in [-0.4, -0.2) is 50.7 Å². The Kier molecular flexibility index (Phi) is 9.09. The summed E-state index contributed by atoms with van der Waals surface area (Å²) in [5.74, 6) is -1.04. The average Bonchev–Trinajstić information content (AvgIpc) is 3.60. The van der Waals surface area contributed by atoms with Crippen LogP contribution in [0.5, 0.6) is 11.5 Å². The maximum atomic E-state index is 14.8. The fraction of sp³-hybridized carbons (Fsp3) is 0.233. The minimum atomic E-state index is -4.81. The van der Waals surface area contributed by atoms with Crippen LogP contribution in [0.25, 0.3) is 17.1 Å². The summed E-state index contributed by atoms with van der Waals surface area (Å²) >= 11 is 1.15. The van der Waals surface area contributed by atoms with Gasteiger partial charge in [-0.3, -0.25) is 9.69 Å². The lowest BCUT2D eigenvalue weighted by Crippen LogP contribution is -2.33. The number of amidine groups is 1. The number of alkyl halides is 3. The molecule has 0 radical (unpaired) electrons. The summed E-state index contributed by atoms with van der Waals surface area (Å²) in [6, 6.07) is 14.0. The summed E-state index contributed by atoms with van der Waals surface area (Å²) in [4.78, 5) is 34.9. The molecule has 1 aromatic heterocycles. The van der Waals surface area contributed by atoms with Gasteiger partial charge in [-0.25, -0.2) is 18.9 Å². The number of thioether (sulfide) groups is 1. The number of amides is 3. The SMILES string of the molecule is Cc1ccc(C(C)C)c(N2C(=O)CSC2=NC(=O)NCOc2ccc(-c3ncn(-c4ccc(OC(F)(F)F)cc4)n3)cc2F)c1. The van der Waals surface area contributed by atoms with Crippen molar-refractivity contribution >= 4 is 34.6 Å². The van der Waals surface area contributed by atoms with E-state index in [0.717, 1.165) is 41.1 Å². The molecule has 2 heterocycles. The number of hydrogen-bond donors (Lipinski definition) is 1. The molecule has 1 aliphatic heterocycles. The fourth-order valence-corrected chi connectivity index (χ4v) is 5.25. The van der Waals surface area contributed by atoms with E-state index in [1.165, 1.54) is 40.2 Å². The van der Waals surface area contributed by atoms with Crippen LogP contribution >= 0.6 is 11.8 Å². The summed E-state index contributed by atoms with van der Waals surface area (Å²) in [6.45, 7) is 5.55. The summed E-state index contributed by atoms with van der Waals surface area (Å²) < 4.78 is 62.6. The average molecular weight is 643 g/mol. The van der Waals surface area contributed by atoms with Crippen LogP contribution in [0.3, 0.4) is 0 Å². The maximum Gasteiger partial charge on any atom is 0.573 e. The van der Waals surface area contributed by atoms with Crippen LogP contribution in [0.15, 0.2) is 72.0 Å². The first-order valence-electron chi connectivity index (χ1n) is 13.5. The number of halogens is 4. The van der Waals surface area contributed by atoms with E-state index in [9.17, 15) is 27.2 Å². The molecular weight excluding hydrogens is 616 g/mol. The number of urea groups is 1. The van der Waals surface area contributed by atoms with Crippen molar-refractivity contribution in [1.82, 2.24) is 20.1 Å². The third-order valence-electron chi connectivity index (χ3n) is 6.48. The number of nitrogens with one attached hydrogen (secondary N) is 1. The van der Waals surface area contributed by atoms with Crippen LogP contribution in [0, 0.1) is 12.7 Å². The molecule has 1 saturated heterocycles. The number of rotatable bonds is 8. The molecule has 0 aliphatic carbocycles. The van der Waals surface area contributed by atoms with Gasteiger partial charge in [0.2, 0.25) is 5.91 Å². The third-order valence-corrected chi connectivity index (χ3v) is 7.40. The minimum Gasteiger partial charge on any atom is -0.470 e. The number of aryl methyl sites for hydroxylation is 1. The van der Waals surface area contributed by atoms with E-state index in [1.807, 2.05) is 39.0 Å². The second kappa shape index (κ2) is 13.0. The number of carbonyl (C=O) groups excluding carboxylic acids is 2. The predicted molar refractivity (Wildman–Crippen MR) is 160 cm³/mol. The van der Waals surface area contributed by atoms with Gasteiger partial charge in [0.15, 0.2) is 29.3 Å². The van der Waals surface area contributed by atoms with Gasteiger partial charge in [-0.2, -0.15) is 4.99 Å². The van der Waals surface area contributed by atoms with E-state index < -0.39 is 24.9 Å². The van der Waals surface area contributed by atoms with Crippen molar-refractivity contribution in [1.29, 1.82) is 0 Å². The fourth-order valence-electron chi connectivity index (χ4n) is 4.40. The molecule has 10 nitrogen and oxygen atoms in total. The van der Waals surface area contributed by atoms with Gasteiger partial charge in [-0.05, 0) is 72.5 Å². The Morgan fingerprint density at radius 2 is 1.87 bits per heavy atom. The molecule has 1 N–H and O–H groups in total. The van der Waals surface area contributed by atoms with E-state index in [0.29, 0.717) is 16.9 Å². The van der Waals surface area contributed by atoms with Crippen molar-refractivity contribution in [3.05, 3.63) is 83.9 Å². The lowest BCUT2D eigenvalue weighted by Gasteiger charge is -2.22. The molecule has 5 rings (SSSR count). The Hall–Kier alpha value is -4.92. The first-order chi connectivity index (χ1) is 21.4. The molecule has 15 heteroatoms. The predicted octanol–water partition coefficient (Wildman–Crippen LogP) is 6.59. The van der Waals surface area contributed by atoms with Gasteiger partial charge in [-0.1, -0.05) is 37.7 Å². The topological polar surface area (TPSA) is 111 Å². The number of hydrogen-bond acceptors (Lipinski definition) is 7. The highest BCUT2D eigenvalue weighted by atomic mass is 32.2. The van der Waals surface area contributed by atoms with Gasteiger partial charge in [0.25, 0.3) is 0 Å². The molecule has 234 valence electrons. The van der Waals surface area contributed by atoms with E-state index in [4.69, 9.17) is 4.74 Å². The number of aromatic nitrogens is 3. The normalized spacial score (nSPS) is 14.4. The van der Waals surface area contributed by atoms with Crippen molar-refractivity contribution in [3.63, 3.8) is 0 Å². The second-order valence-electron chi connectivity index (χ2n) is 10.1. The highest BCUT2D eigenvalue weighted by Gasteiger charge is 2.33. The Bertz CT molecular complexity index is 1760. The van der Waals surface area contributed by atoms with Crippen LogP contribution in [0.1, 0.15) is 30.9 Å². The zero-order valence-electron chi connectivity index (χ0n) is 24.1. The van der Waals surface area contributed by atoms with E-state index in [-0.39, 0.29) is 40.1 Å². The lowest BCUT2D eigenvalue weighted by atomic mass is 9.99. The molecule has 0 spiro atoms. The largest absolute Gasteiger partial charge is 0.573 e. The molecule has 3 aromatic carbocycles. The van der Waals surface area contributed by atoms with Crippen LogP contribution in [-0.2, 0) is 4.79 Å². The highest BCUT2D eigenvalue weighted by molar-refractivity contribution is 8.15. The van der Waals surface area contributed by atoms with Crippen LogP contribution in [0.4, 0.5) is 28.0 Å². The quantitative estimate of drug-likeness (QED) is 0.171. The molecule has 45 heavy (non-hydrogen) atoms. The van der Waals surface area contributed by atoms with Gasteiger partial charge >= 0.3 is 12.4 Å². The Morgan fingerprint density at radius 1 is 1.11 bits per heavy atom. The number of benzene rings is 3. The molecule has 1 aliphatic rings. The Balaban J connectivity index is 1.20. The van der Waals surface area contributed by atoms with E-state index >= 15 is 0 Å². The van der Waals surface area contributed by atoms with E-state index in [1.54, 1.807) is 0 Å². The Labute approximate surface area is 259 Å². The Morgan fingerprint density at radius 3 is 2.56 bits per heavy atom. The van der Waals surface area contributed by atoms with Crippen molar-refractivity contribution in [3.8, 4) is 28.6 Å². The first kappa shape index (κ1) is 31.5. The molecule has 0 saturated carbocycles. The third kappa shape index (κ3) is 7.60. The summed E-state index contributed by atoms with van der Waals surface area (Å²) in [6.07, 6.45) is -3.48. The molecule has 0 unspecified atom stereocenters. The van der Waals surface area contributed by atoms with E-state index in [2.05, 4.69) is 25.1 Å². The highest BCUT2D eigenvalue weighted by Crippen LogP contribution is 2.34. The van der Waals surface area contributed by atoms with Gasteiger partial charge in [0.1, 0.15) is 12.1 Å². The zero-order chi connectivity index (χ0) is 32.3. The summed E-state index contributed by atoms with van der Waals surface area (Å²) in [5.41, 5.74) is 3.30. The maximum absolute atomic E-state index is 14.8. The molecule has 1 fully saturated rings. The number of aliphatic imine (C=N–C) groups is 1. The van der Waals surface area contributed by atoms with Crippen molar-refractivity contribution in [2.45, 2.75) is 33.1 Å². The lowest BCUT2D eigenvalue weighted by molar-refractivity contribution is -0.274. The van der Waals surface area contributed by atoms with Crippen LogP contribution < -0.4 is 19.7 Å². The van der Waals surface area contributed by atoms with Gasteiger partial charge in [0, 0.05) is 5.56 Å². The van der Waals surface area contributed by atoms with Gasteiger partial charge in [-0.15, -0.1) is 18.3 Å². The number of nitrogens with zero attached hydrogens (tertiary/aromatic N) is 5. The molecule has 3 amide bonds. The number of carbonyl (C=O) groups is 2. The molecular formula is C30H26F4N6O4S. The molecule has 4 aromatic rings. The molecule has 0 bridgehead atoms. The molecule has 0 atom stereocenters. The first-order valence-corrected chi connectivity index (χ1v) is 14.5.